The predicted molar refractivity (Wildman–Crippen MR) is 135 cm³/mol. The minimum absolute atomic E-state index is 0.0763. The van der Waals surface area contributed by atoms with Crippen molar-refractivity contribution in [3.63, 3.8) is 0 Å². The number of ether oxygens (including phenoxy) is 2. The molecule has 1 aliphatic carbocycles. The summed E-state index contributed by atoms with van der Waals surface area (Å²) in [6, 6.07) is 0. The fourth-order valence-corrected chi connectivity index (χ4v) is 4.74. The molecule has 1 unspecified atom stereocenters. The van der Waals surface area contributed by atoms with E-state index in [0.717, 1.165) is 19.3 Å². The van der Waals surface area contributed by atoms with Crippen LogP contribution in [0.25, 0.3) is 0 Å². The van der Waals surface area contributed by atoms with Crippen molar-refractivity contribution in [2.75, 3.05) is 0 Å². The smallest absolute Gasteiger partial charge is 0.307 e. The van der Waals surface area contributed by atoms with Crippen molar-refractivity contribution in [1.29, 1.82) is 0 Å². The Morgan fingerprint density at radius 2 is 1.41 bits per heavy atom. The number of fused-ring (bicyclic) bond motifs is 1. The Morgan fingerprint density at radius 1 is 0.912 bits per heavy atom. The first-order valence-electron chi connectivity index (χ1n) is 13.8. The van der Waals surface area contributed by atoms with Crippen molar-refractivity contribution in [2.45, 2.75) is 142 Å². The normalized spacial score (nSPS) is 22.0. The molecule has 0 amide bonds. The van der Waals surface area contributed by atoms with Gasteiger partial charge < -0.3 is 9.47 Å². The molecule has 0 fully saturated rings. The van der Waals surface area contributed by atoms with Crippen molar-refractivity contribution in [3.05, 3.63) is 23.5 Å². The van der Waals surface area contributed by atoms with Crippen LogP contribution in [0.2, 0.25) is 0 Å². The van der Waals surface area contributed by atoms with Gasteiger partial charge in [-0.15, -0.1) is 0 Å². The van der Waals surface area contributed by atoms with Gasteiger partial charge in [-0.05, 0) is 31.9 Å². The van der Waals surface area contributed by atoms with Crippen molar-refractivity contribution in [2.24, 2.45) is 0 Å². The van der Waals surface area contributed by atoms with E-state index in [-0.39, 0.29) is 12.5 Å². The second-order valence-corrected chi connectivity index (χ2v) is 10.3. The third-order valence-corrected chi connectivity index (χ3v) is 7.03. The van der Waals surface area contributed by atoms with Gasteiger partial charge in [0, 0.05) is 12.8 Å². The fourth-order valence-electron chi connectivity index (χ4n) is 4.74. The van der Waals surface area contributed by atoms with Gasteiger partial charge in [0.25, 0.3) is 0 Å². The van der Waals surface area contributed by atoms with Crippen LogP contribution in [0.5, 0.6) is 0 Å². The van der Waals surface area contributed by atoms with E-state index in [1.54, 1.807) is 0 Å². The van der Waals surface area contributed by atoms with Gasteiger partial charge in [-0.25, -0.2) is 0 Å². The Balaban J connectivity index is 1.52. The van der Waals surface area contributed by atoms with E-state index in [4.69, 9.17) is 9.47 Å². The lowest BCUT2D eigenvalue weighted by Crippen LogP contribution is -2.51. The molecule has 1 heterocycles. The monoisotopic (exact) mass is 474 g/mol. The van der Waals surface area contributed by atoms with E-state index < -0.39 is 23.1 Å². The summed E-state index contributed by atoms with van der Waals surface area (Å²) >= 11 is 0. The molecule has 0 saturated heterocycles. The summed E-state index contributed by atoms with van der Waals surface area (Å²) in [5.41, 5.74) is -0.754. The Kier molecular flexibility index (Phi) is 12.6. The number of esters is 1. The zero-order valence-corrected chi connectivity index (χ0v) is 21.8. The zero-order chi connectivity index (χ0) is 24.8. The first-order valence-corrected chi connectivity index (χ1v) is 13.8. The highest BCUT2D eigenvalue weighted by Gasteiger charge is 2.49. The maximum absolute atomic E-state index is 12.9. The van der Waals surface area contributed by atoms with Crippen LogP contribution < -0.4 is 0 Å². The molecule has 0 saturated carbocycles. The van der Waals surface area contributed by atoms with Gasteiger partial charge in [-0.1, -0.05) is 96.8 Å². The van der Waals surface area contributed by atoms with Gasteiger partial charge in [0.15, 0.2) is 0 Å². The van der Waals surface area contributed by atoms with Gasteiger partial charge in [-0.3, -0.25) is 14.4 Å². The highest BCUT2D eigenvalue weighted by molar-refractivity contribution is 6.26. The zero-order valence-electron chi connectivity index (χ0n) is 21.8. The predicted octanol–water partition coefficient (Wildman–Crippen LogP) is 7.32. The van der Waals surface area contributed by atoms with Crippen LogP contribution in [-0.4, -0.2) is 29.2 Å². The minimum Gasteiger partial charge on any atom is -0.497 e. The van der Waals surface area contributed by atoms with E-state index in [2.05, 4.69) is 6.92 Å². The molecule has 5 nitrogen and oxygen atoms in total. The van der Waals surface area contributed by atoms with E-state index in [0.29, 0.717) is 17.6 Å². The number of rotatable bonds is 17. The van der Waals surface area contributed by atoms with Gasteiger partial charge in [0.05, 0.1) is 17.9 Å². The number of hydrogen-bond donors (Lipinski definition) is 0. The maximum Gasteiger partial charge on any atom is 0.307 e. The molecule has 0 aromatic rings. The molecule has 0 N–H and O–H groups in total. The first kappa shape index (κ1) is 28.3. The van der Waals surface area contributed by atoms with Crippen LogP contribution in [0.4, 0.5) is 0 Å². The van der Waals surface area contributed by atoms with Crippen molar-refractivity contribution >= 4 is 17.5 Å². The van der Waals surface area contributed by atoms with Gasteiger partial charge >= 0.3 is 5.97 Å². The van der Waals surface area contributed by atoms with Crippen LogP contribution in [0.3, 0.4) is 0 Å². The molecule has 34 heavy (non-hydrogen) atoms. The van der Waals surface area contributed by atoms with Gasteiger partial charge in [0.2, 0.25) is 17.2 Å². The second kappa shape index (κ2) is 15.2. The van der Waals surface area contributed by atoms with Crippen LogP contribution in [0.1, 0.15) is 130 Å². The van der Waals surface area contributed by atoms with Crippen LogP contribution >= 0.6 is 0 Å². The van der Waals surface area contributed by atoms with E-state index >= 15 is 0 Å². The highest BCUT2D eigenvalue weighted by Crippen LogP contribution is 2.34. The number of ketones is 2. The van der Waals surface area contributed by atoms with E-state index in [1.165, 1.54) is 96.3 Å². The molecule has 2 atom stereocenters. The Morgan fingerprint density at radius 3 is 1.94 bits per heavy atom. The van der Waals surface area contributed by atoms with Crippen LogP contribution in [0.15, 0.2) is 23.5 Å². The van der Waals surface area contributed by atoms with Gasteiger partial charge in [0.1, 0.15) is 0 Å². The number of Topliss-reactive ketones (excluding diaryl/α,β-unsaturated/α-hetero) is 1. The summed E-state index contributed by atoms with van der Waals surface area (Å²) < 4.78 is 10.9. The lowest BCUT2D eigenvalue weighted by molar-refractivity contribution is -0.169. The summed E-state index contributed by atoms with van der Waals surface area (Å²) in [4.78, 5) is 37.8. The molecule has 0 radical (unpaired) electrons. The number of unbranched alkanes of at least 4 members (excludes halogenated alkanes) is 14. The lowest BCUT2D eigenvalue weighted by atomic mass is 9.79. The molecule has 2 aliphatic rings. The molecular weight excluding hydrogens is 428 g/mol. The average molecular weight is 475 g/mol. The standard InChI is InChI=1S/C29H46O5/c1-4-5-6-7-8-9-10-11-12-13-14-15-16-17-18-19-27(31)34-29(3)26(30)21-24-20-23(2)33-22-25(24)28(29)32/h21-23H,4-20H2,1-3H3/t23?,29-/m1/s1. The van der Waals surface area contributed by atoms with E-state index in [9.17, 15) is 14.4 Å². The molecule has 0 spiro atoms. The molecule has 1 aliphatic heterocycles. The average Bonchev–Trinajstić information content (AvgIpc) is 2.80. The van der Waals surface area contributed by atoms with Crippen molar-refractivity contribution in [1.82, 2.24) is 0 Å². The minimum atomic E-state index is -1.77. The summed E-state index contributed by atoms with van der Waals surface area (Å²) in [7, 11) is 0. The van der Waals surface area contributed by atoms with Crippen LogP contribution in [-0.2, 0) is 23.9 Å². The number of hydrogen-bond acceptors (Lipinski definition) is 5. The Labute approximate surface area is 206 Å². The first-order chi connectivity index (χ1) is 16.4. The largest absolute Gasteiger partial charge is 0.497 e. The summed E-state index contributed by atoms with van der Waals surface area (Å²) in [6.07, 6.45) is 22.4. The molecular formula is C29H46O5. The molecule has 0 bridgehead atoms. The fraction of sp³-hybridized carbons (Fsp3) is 0.759. The van der Waals surface area contributed by atoms with Crippen molar-refractivity contribution in [3.8, 4) is 0 Å². The van der Waals surface area contributed by atoms with Crippen LogP contribution in [0, 0.1) is 0 Å². The topological polar surface area (TPSA) is 69.7 Å². The molecule has 0 aromatic heterocycles. The Hall–Kier alpha value is -1.91. The highest BCUT2D eigenvalue weighted by atomic mass is 16.6. The third-order valence-electron chi connectivity index (χ3n) is 7.03. The van der Waals surface area contributed by atoms with Crippen molar-refractivity contribution < 1.29 is 23.9 Å². The quantitative estimate of drug-likeness (QED) is 0.125. The van der Waals surface area contributed by atoms with E-state index in [1.807, 2.05) is 6.92 Å². The summed E-state index contributed by atoms with van der Waals surface area (Å²) in [6.45, 7) is 5.54. The molecule has 192 valence electrons. The SMILES string of the molecule is CCCCCCCCCCCCCCCCCC(=O)O[C@]1(C)C(=O)C=C2CC(C)OC=C2C1=O. The molecule has 5 heteroatoms. The summed E-state index contributed by atoms with van der Waals surface area (Å²) in [5, 5.41) is 0. The number of carbonyl (C=O) groups excluding carboxylic acids is 3. The molecule has 2 rings (SSSR count). The number of carbonyl (C=O) groups is 3. The van der Waals surface area contributed by atoms with Gasteiger partial charge in [-0.2, -0.15) is 0 Å². The second-order valence-electron chi connectivity index (χ2n) is 10.3. The molecule has 0 aromatic carbocycles. The Bertz CT molecular complexity index is 735. The summed E-state index contributed by atoms with van der Waals surface area (Å²) in [5.74, 6) is -1.42. The third kappa shape index (κ3) is 9.03. The lowest BCUT2D eigenvalue weighted by Gasteiger charge is -2.33. The maximum atomic E-state index is 12.9.